The van der Waals surface area contributed by atoms with Gasteiger partial charge in [0.05, 0.1) is 24.0 Å². The fraction of sp³-hybridized carbons (Fsp3) is 0.900. The van der Waals surface area contributed by atoms with Crippen LogP contribution in [0.15, 0.2) is 0 Å². The summed E-state index contributed by atoms with van der Waals surface area (Å²) in [5, 5.41) is 8.69. The molecular weight excluding hydrogens is 232 g/mol. The quantitative estimate of drug-likeness (QED) is 0.719. The molecule has 5 nitrogen and oxygen atoms in total. The van der Waals surface area contributed by atoms with Crippen LogP contribution in [-0.2, 0) is 19.4 Å². The van der Waals surface area contributed by atoms with Gasteiger partial charge in [0.2, 0.25) is 0 Å². The molecule has 0 aromatic carbocycles. The molecule has 1 unspecified atom stereocenters. The highest BCUT2D eigenvalue weighted by Crippen LogP contribution is 2.49. The summed E-state index contributed by atoms with van der Waals surface area (Å²) in [6, 6.07) is 0. The zero-order valence-electron chi connectivity index (χ0n) is 9.60. The van der Waals surface area contributed by atoms with Gasteiger partial charge in [-0.2, -0.15) is 0 Å². The van der Waals surface area contributed by atoms with Crippen LogP contribution in [-0.4, -0.2) is 44.2 Å². The molecule has 0 spiro atoms. The predicted octanol–water partition coefficient (Wildman–Crippen LogP) is 0.691. The lowest BCUT2D eigenvalue weighted by Crippen LogP contribution is -2.27. The predicted molar refractivity (Wildman–Crippen MR) is 59.0 cm³/mol. The molecule has 0 radical (unpaired) electrons. The number of carboxylic acid groups (broad SMARTS) is 1. The Morgan fingerprint density at radius 2 is 2.06 bits per heavy atom. The molecule has 0 saturated heterocycles. The highest BCUT2D eigenvalue weighted by Gasteiger charge is 2.47. The van der Waals surface area contributed by atoms with Crippen molar-refractivity contribution in [2.75, 3.05) is 18.6 Å². The molecule has 6 heteroatoms. The van der Waals surface area contributed by atoms with Crippen LogP contribution in [0.3, 0.4) is 0 Å². The van der Waals surface area contributed by atoms with E-state index in [0.29, 0.717) is 12.8 Å². The van der Waals surface area contributed by atoms with E-state index < -0.39 is 21.2 Å². The molecule has 94 valence electrons. The van der Waals surface area contributed by atoms with Gasteiger partial charge in [0, 0.05) is 7.11 Å². The van der Waals surface area contributed by atoms with Gasteiger partial charge in [-0.15, -0.1) is 0 Å². The van der Waals surface area contributed by atoms with Crippen LogP contribution in [0.4, 0.5) is 0 Å². The van der Waals surface area contributed by atoms with E-state index in [2.05, 4.69) is 0 Å². The number of methoxy groups -OCH3 is 1. The average molecular weight is 250 g/mol. The van der Waals surface area contributed by atoms with Gasteiger partial charge in [0.25, 0.3) is 0 Å². The smallest absolute Gasteiger partial charge is 0.303 e. The number of aliphatic carboxylic acids is 1. The maximum Gasteiger partial charge on any atom is 0.303 e. The molecule has 1 aliphatic carbocycles. The Bertz CT molecular complexity index is 355. The van der Waals surface area contributed by atoms with Crippen molar-refractivity contribution in [2.45, 2.75) is 32.3 Å². The lowest BCUT2D eigenvalue weighted by Gasteiger charge is -2.15. The van der Waals surface area contributed by atoms with Gasteiger partial charge in [-0.3, -0.25) is 4.79 Å². The zero-order valence-corrected chi connectivity index (χ0v) is 10.4. The van der Waals surface area contributed by atoms with Gasteiger partial charge < -0.3 is 9.84 Å². The van der Waals surface area contributed by atoms with Crippen molar-refractivity contribution >= 4 is 15.8 Å². The number of hydrogen-bond acceptors (Lipinski definition) is 4. The molecule has 1 N–H and O–H groups in total. The Kier molecular flexibility index (Phi) is 3.96. The van der Waals surface area contributed by atoms with Crippen molar-refractivity contribution in [1.29, 1.82) is 0 Å². The second-order valence-corrected chi connectivity index (χ2v) is 6.78. The van der Waals surface area contributed by atoms with E-state index in [1.54, 1.807) is 6.92 Å². The number of rotatable bonds is 7. The van der Waals surface area contributed by atoms with Gasteiger partial charge >= 0.3 is 5.97 Å². The third-order valence-corrected chi connectivity index (χ3v) is 4.93. The van der Waals surface area contributed by atoms with Crippen molar-refractivity contribution in [3.8, 4) is 0 Å². The maximum absolute atomic E-state index is 11.8. The first kappa shape index (κ1) is 13.4. The molecule has 1 aliphatic rings. The fourth-order valence-electron chi connectivity index (χ4n) is 1.82. The highest BCUT2D eigenvalue weighted by atomic mass is 32.2. The maximum atomic E-state index is 11.8. The van der Waals surface area contributed by atoms with E-state index in [-0.39, 0.29) is 24.0 Å². The van der Waals surface area contributed by atoms with Crippen LogP contribution in [0.1, 0.15) is 26.2 Å². The summed E-state index contributed by atoms with van der Waals surface area (Å²) in [6.45, 7) is 1.69. The third-order valence-electron chi connectivity index (χ3n) is 2.90. The first-order valence-electron chi connectivity index (χ1n) is 5.24. The standard InChI is InChI=1S/C10H18O5S/c1-8(15-2)6-16(13,14)7-10(3-4-10)5-9(11)12/h8H,3-7H2,1-2H3,(H,11,12). The van der Waals surface area contributed by atoms with E-state index in [1.165, 1.54) is 7.11 Å². The van der Waals surface area contributed by atoms with Gasteiger partial charge in [-0.05, 0) is 25.2 Å². The van der Waals surface area contributed by atoms with Gasteiger partial charge in [0.1, 0.15) is 0 Å². The molecule has 1 saturated carbocycles. The molecule has 0 bridgehead atoms. The number of carbonyl (C=O) groups is 1. The monoisotopic (exact) mass is 250 g/mol. The lowest BCUT2D eigenvalue weighted by molar-refractivity contribution is -0.138. The van der Waals surface area contributed by atoms with Crippen LogP contribution < -0.4 is 0 Å². The number of sulfone groups is 1. The van der Waals surface area contributed by atoms with Crippen molar-refractivity contribution in [3.63, 3.8) is 0 Å². The van der Waals surface area contributed by atoms with Crippen LogP contribution in [0.2, 0.25) is 0 Å². The number of hydrogen-bond donors (Lipinski definition) is 1. The van der Waals surface area contributed by atoms with Crippen LogP contribution >= 0.6 is 0 Å². The average Bonchev–Trinajstić information content (AvgIpc) is 2.80. The second-order valence-electron chi connectivity index (χ2n) is 4.67. The summed E-state index contributed by atoms with van der Waals surface area (Å²) in [5.74, 6) is -0.988. The van der Waals surface area contributed by atoms with E-state index in [0.717, 1.165) is 0 Å². The molecule has 0 aromatic rings. The van der Waals surface area contributed by atoms with Gasteiger partial charge in [0.15, 0.2) is 9.84 Å². The first-order valence-corrected chi connectivity index (χ1v) is 7.06. The van der Waals surface area contributed by atoms with E-state index >= 15 is 0 Å². The molecule has 0 aliphatic heterocycles. The summed E-state index contributed by atoms with van der Waals surface area (Å²) in [6.07, 6.45) is 0.999. The molecule has 0 amide bonds. The van der Waals surface area contributed by atoms with Crippen molar-refractivity contribution in [3.05, 3.63) is 0 Å². The molecule has 1 rings (SSSR count). The lowest BCUT2D eigenvalue weighted by atomic mass is 10.1. The van der Waals surface area contributed by atoms with Crippen LogP contribution in [0.25, 0.3) is 0 Å². The molecular formula is C10H18O5S. The van der Waals surface area contributed by atoms with E-state index in [1.807, 2.05) is 0 Å². The number of carboxylic acids is 1. The summed E-state index contributed by atoms with van der Waals surface area (Å²) < 4.78 is 28.4. The Labute approximate surface area is 95.7 Å². The molecule has 16 heavy (non-hydrogen) atoms. The topological polar surface area (TPSA) is 80.7 Å². The van der Waals surface area contributed by atoms with Crippen molar-refractivity contribution in [1.82, 2.24) is 0 Å². The zero-order chi connectivity index (χ0) is 12.4. The first-order chi connectivity index (χ1) is 7.29. The normalized spacial score (nSPS) is 20.4. The summed E-state index contributed by atoms with van der Waals surface area (Å²) in [5.41, 5.74) is -0.502. The summed E-state index contributed by atoms with van der Waals surface area (Å²) >= 11 is 0. The minimum Gasteiger partial charge on any atom is -0.481 e. The summed E-state index contributed by atoms with van der Waals surface area (Å²) in [7, 11) is -1.76. The Morgan fingerprint density at radius 3 is 2.44 bits per heavy atom. The molecule has 0 aromatic heterocycles. The van der Waals surface area contributed by atoms with Crippen LogP contribution in [0.5, 0.6) is 0 Å². The van der Waals surface area contributed by atoms with E-state index in [9.17, 15) is 13.2 Å². The Morgan fingerprint density at radius 1 is 1.50 bits per heavy atom. The minimum absolute atomic E-state index is 0.0278. The fourth-order valence-corrected chi connectivity index (χ4v) is 4.11. The Balaban J connectivity index is 2.56. The molecule has 1 atom stereocenters. The van der Waals surface area contributed by atoms with Crippen LogP contribution in [0, 0.1) is 5.41 Å². The van der Waals surface area contributed by atoms with Crippen molar-refractivity contribution in [2.24, 2.45) is 5.41 Å². The van der Waals surface area contributed by atoms with E-state index in [4.69, 9.17) is 9.84 Å². The second kappa shape index (κ2) is 4.71. The number of ether oxygens (including phenoxy) is 1. The van der Waals surface area contributed by atoms with Gasteiger partial charge in [-0.1, -0.05) is 0 Å². The van der Waals surface area contributed by atoms with Gasteiger partial charge in [-0.25, -0.2) is 8.42 Å². The summed E-state index contributed by atoms with van der Waals surface area (Å²) in [4.78, 5) is 10.6. The molecule has 1 fully saturated rings. The Hall–Kier alpha value is -0.620. The highest BCUT2D eigenvalue weighted by molar-refractivity contribution is 7.91. The SMILES string of the molecule is COC(C)CS(=O)(=O)CC1(CC(=O)O)CC1. The third kappa shape index (κ3) is 4.09. The van der Waals surface area contributed by atoms with Crippen molar-refractivity contribution < 1.29 is 23.1 Å². The minimum atomic E-state index is -3.22. The molecule has 0 heterocycles. The largest absolute Gasteiger partial charge is 0.481 e.